The minimum atomic E-state index is 0. The van der Waals surface area contributed by atoms with Crippen molar-refractivity contribution < 1.29 is 25.1 Å². The average Bonchev–Trinajstić information content (AvgIpc) is 1.59. The topological polar surface area (TPSA) is 20.3 Å². The third kappa shape index (κ3) is 4.50. The van der Waals surface area contributed by atoms with Crippen LogP contribution in [0.3, 0.4) is 0 Å². The van der Waals surface area contributed by atoms with Gasteiger partial charge >= 0.3 is 18.9 Å². The summed E-state index contributed by atoms with van der Waals surface area (Å²) in [7, 11) is 0. The standard InChI is InChI=1S/C8H17NO.Li.H/c1-6(2)9(7(3)4)8(5)10;;/h6-7H,1-5H3;;/q;+1;-1. The monoisotopic (exact) mass is 151 g/mol. The van der Waals surface area contributed by atoms with Gasteiger partial charge in [0.1, 0.15) is 0 Å². The second-order valence-corrected chi connectivity index (χ2v) is 3.11. The van der Waals surface area contributed by atoms with E-state index in [0.29, 0.717) is 12.1 Å². The normalized spacial score (nSPS) is 9.73. The Morgan fingerprint density at radius 2 is 1.45 bits per heavy atom. The first-order valence-corrected chi connectivity index (χ1v) is 3.75. The quantitative estimate of drug-likeness (QED) is 0.452. The van der Waals surface area contributed by atoms with Crippen LogP contribution < -0.4 is 18.9 Å². The number of carbonyl (C=O) groups is 1. The summed E-state index contributed by atoms with van der Waals surface area (Å²) in [5, 5.41) is 0. The van der Waals surface area contributed by atoms with Crippen LogP contribution in [0.5, 0.6) is 0 Å². The van der Waals surface area contributed by atoms with Crippen LogP contribution in [0.4, 0.5) is 0 Å². The Morgan fingerprint density at radius 3 is 1.45 bits per heavy atom. The molecule has 3 heteroatoms. The Kier molecular flexibility index (Phi) is 7.05. The number of hydrogen-bond acceptors (Lipinski definition) is 1. The molecule has 0 N–H and O–H groups in total. The molecule has 0 spiro atoms. The third-order valence-corrected chi connectivity index (χ3v) is 1.48. The number of carbonyl (C=O) groups excluding carboxylic acids is 1. The van der Waals surface area contributed by atoms with Crippen molar-refractivity contribution >= 4 is 5.91 Å². The maximum atomic E-state index is 11.0. The molecule has 0 aromatic rings. The van der Waals surface area contributed by atoms with Crippen LogP contribution in [-0.2, 0) is 4.79 Å². The van der Waals surface area contributed by atoms with E-state index in [1.807, 2.05) is 32.6 Å². The predicted octanol–water partition coefficient (Wildman–Crippen LogP) is -1.23. The van der Waals surface area contributed by atoms with Gasteiger partial charge in [0.2, 0.25) is 5.91 Å². The van der Waals surface area contributed by atoms with Gasteiger partial charge in [0.15, 0.2) is 0 Å². The third-order valence-electron chi connectivity index (χ3n) is 1.48. The molecule has 0 heterocycles. The number of rotatable bonds is 2. The molecule has 2 nitrogen and oxygen atoms in total. The summed E-state index contributed by atoms with van der Waals surface area (Å²) in [5.74, 6) is 0.157. The minimum absolute atomic E-state index is 0. The van der Waals surface area contributed by atoms with E-state index in [1.54, 1.807) is 6.92 Å². The van der Waals surface area contributed by atoms with Gasteiger partial charge in [0, 0.05) is 19.0 Å². The molecule has 11 heavy (non-hydrogen) atoms. The van der Waals surface area contributed by atoms with Crippen molar-refractivity contribution in [3.63, 3.8) is 0 Å². The van der Waals surface area contributed by atoms with Crippen molar-refractivity contribution in [2.75, 3.05) is 0 Å². The van der Waals surface area contributed by atoms with Crippen molar-refractivity contribution in [1.82, 2.24) is 4.90 Å². The van der Waals surface area contributed by atoms with Crippen LogP contribution in [0.1, 0.15) is 36.0 Å². The molecular formula is C8H18LiNO. The van der Waals surface area contributed by atoms with Gasteiger partial charge in [-0.1, -0.05) is 0 Å². The summed E-state index contributed by atoms with van der Waals surface area (Å²) in [6.07, 6.45) is 0. The van der Waals surface area contributed by atoms with Crippen molar-refractivity contribution in [1.29, 1.82) is 0 Å². The van der Waals surface area contributed by atoms with Crippen LogP contribution in [-0.4, -0.2) is 22.9 Å². The van der Waals surface area contributed by atoms with Crippen LogP contribution in [0.15, 0.2) is 0 Å². The zero-order valence-electron chi connectivity index (χ0n) is 9.51. The second kappa shape index (κ2) is 5.68. The molecule has 0 aliphatic heterocycles. The minimum Gasteiger partial charge on any atom is -1.00 e. The molecule has 0 unspecified atom stereocenters. The first kappa shape index (κ1) is 13.6. The summed E-state index contributed by atoms with van der Waals surface area (Å²) in [6.45, 7) is 9.73. The van der Waals surface area contributed by atoms with E-state index < -0.39 is 0 Å². The van der Waals surface area contributed by atoms with Crippen LogP contribution in [0.2, 0.25) is 0 Å². The molecule has 0 rings (SSSR count). The van der Waals surface area contributed by atoms with Crippen LogP contribution in [0.25, 0.3) is 0 Å². The van der Waals surface area contributed by atoms with Crippen molar-refractivity contribution in [3.05, 3.63) is 0 Å². The molecule has 1 amide bonds. The predicted molar refractivity (Wildman–Crippen MR) is 43.9 cm³/mol. The van der Waals surface area contributed by atoms with E-state index in [4.69, 9.17) is 0 Å². The second-order valence-electron chi connectivity index (χ2n) is 3.11. The van der Waals surface area contributed by atoms with E-state index in [9.17, 15) is 4.79 Å². The van der Waals surface area contributed by atoms with Gasteiger partial charge in [0.25, 0.3) is 0 Å². The molecule has 0 aliphatic rings. The summed E-state index contributed by atoms with van der Waals surface area (Å²) < 4.78 is 0. The van der Waals surface area contributed by atoms with E-state index in [-0.39, 0.29) is 26.2 Å². The molecule has 0 fully saturated rings. The Hall–Kier alpha value is 0.0674. The van der Waals surface area contributed by atoms with Gasteiger partial charge in [0.05, 0.1) is 0 Å². The molecule has 0 saturated heterocycles. The van der Waals surface area contributed by atoms with Gasteiger partial charge in [-0.3, -0.25) is 4.79 Å². The van der Waals surface area contributed by atoms with E-state index in [2.05, 4.69) is 0 Å². The maximum absolute atomic E-state index is 11.0. The summed E-state index contributed by atoms with van der Waals surface area (Å²) in [5.41, 5.74) is 0. The SMILES string of the molecule is CC(=O)N(C(C)C)C(C)C.[H-].[Li+]. The van der Waals surface area contributed by atoms with Gasteiger partial charge in [-0.25, -0.2) is 0 Å². The van der Waals surface area contributed by atoms with Crippen molar-refractivity contribution in [2.45, 2.75) is 46.7 Å². The molecule has 0 bridgehead atoms. The smallest absolute Gasteiger partial charge is 1.00 e. The van der Waals surface area contributed by atoms with E-state index in [1.165, 1.54) is 0 Å². The Labute approximate surface area is 83.0 Å². The van der Waals surface area contributed by atoms with Gasteiger partial charge in [-0.15, -0.1) is 0 Å². The Bertz CT molecular complexity index is 120. The average molecular weight is 151 g/mol. The number of nitrogens with zero attached hydrogens (tertiary/aromatic N) is 1. The largest absolute Gasteiger partial charge is 1.00 e. The van der Waals surface area contributed by atoms with E-state index >= 15 is 0 Å². The maximum Gasteiger partial charge on any atom is 1.00 e. The van der Waals surface area contributed by atoms with Gasteiger partial charge in [-0.2, -0.15) is 0 Å². The van der Waals surface area contributed by atoms with Gasteiger partial charge in [-0.05, 0) is 27.7 Å². The Balaban J connectivity index is -0.000000405. The summed E-state index contributed by atoms with van der Waals surface area (Å²) in [6, 6.07) is 0.634. The van der Waals surface area contributed by atoms with Crippen molar-refractivity contribution in [3.8, 4) is 0 Å². The molecule has 0 saturated carbocycles. The first-order valence-electron chi connectivity index (χ1n) is 3.75. The number of hydrogen-bond donors (Lipinski definition) is 0. The fourth-order valence-corrected chi connectivity index (χ4v) is 1.32. The zero-order chi connectivity index (χ0) is 8.31. The molecule has 0 aromatic carbocycles. The Morgan fingerprint density at radius 1 is 1.18 bits per heavy atom. The molecule has 0 aliphatic carbocycles. The summed E-state index contributed by atoms with van der Waals surface area (Å²) in [4.78, 5) is 12.8. The molecule has 0 radical (unpaired) electrons. The first-order chi connectivity index (χ1) is 4.46. The van der Waals surface area contributed by atoms with E-state index in [0.717, 1.165) is 0 Å². The van der Waals surface area contributed by atoms with Crippen LogP contribution >= 0.6 is 0 Å². The van der Waals surface area contributed by atoms with Crippen LogP contribution in [0, 0.1) is 0 Å². The van der Waals surface area contributed by atoms with Crippen molar-refractivity contribution in [2.24, 2.45) is 0 Å². The fraction of sp³-hybridized carbons (Fsp3) is 0.875. The fourth-order valence-electron chi connectivity index (χ4n) is 1.32. The molecule has 0 aromatic heterocycles. The zero-order valence-corrected chi connectivity index (χ0v) is 8.51. The number of amides is 1. The molecule has 62 valence electrons. The molecular weight excluding hydrogens is 133 g/mol. The summed E-state index contributed by atoms with van der Waals surface area (Å²) >= 11 is 0. The van der Waals surface area contributed by atoms with Gasteiger partial charge < -0.3 is 6.33 Å². The molecule has 0 atom stereocenters.